The molecule has 0 aliphatic carbocycles. The molecule has 0 amide bonds. The lowest BCUT2D eigenvalue weighted by Crippen LogP contribution is -2.18. The van der Waals surface area contributed by atoms with E-state index in [9.17, 15) is 9.59 Å². The zero-order valence-electron chi connectivity index (χ0n) is 13.4. The maximum absolute atomic E-state index is 12.2. The molecule has 1 aliphatic heterocycles. The summed E-state index contributed by atoms with van der Waals surface area (Å²) in [4.78, 5) is 24.3. The third-order valence-corrected chi connectivity index (χ3v) is 4.13. The van der Waals surface area contributed by atoms with Gasteiger partial charge in [0.25, 0.3) is 0 Å². The van der Waals surface area contributed by atoms with Crippen LogP contribution in [0.2, 0.25) is 5.02 Å². The van der Waals surface area contributed by atoms with Gasteiger partial charge in [0, 0.05) is 6.61 Å². The van der Waals surface area contributed by atoms with Gasteiger partial charge < -0.3 is 14.2 Å². The van der Waals surface area contributed by atoms with E-state index in [0.717, 1.165) is 12.8 Å². The van der Waals surface area contributed by atoms with Crippen molar-refractivity contribution >= 4 is 23.5 Å². The molecule has 0 N–H and O–H groups in total. The highest BCUT2D eigenvalue weighted by molar-refractivity contribution is 6.33. The zero-order chi connectivity index (χ0) is 17.6. The second-order valence-electron chi connectivity index (χ2n) is 5.63. The molecular formula is C19H17ClO5. The molecule has 0 radical (unpaired) electrons. The van der Waals surface area contributed by atoms with E-state index < -0.39 is 11.9 Å². The number of esters is 2. The Labute approximate surface area is 150 Å². The lowest BCUT2D eigenvalue weighted by Gasteiger charge is -2.11. The summed E-state index contributed by atoms with van der Waals surface area (Å²) in [6, 6.07) is 12.9. The van der Waals surface area contributed by atoms with E-state index >= 15 is 0 Å². The smallest absolute Gasteiger partial charge is 0.345 e. The Morgan fingerprint density at radius 2 is 1.96 bits per heavy atom. The highest BCUT2D eigenvalue weighted by atomic mass is 35.5. The van der Waals surface area contributed by atoms with Gasteiger partial charge in [-0.2, -0.15) is 0 Å². The SMILES string of the molecule is O=C(OCC1CCCO1)c1cccc(OC(=O)c2ccccc2Cl)c1. The first-order chi connectivity index (χ1) is 12.1. The van der Waals surface area contributed by atoms with Crippen molar-refractivity contribution < 1.29 is 23.8 Å². The van der Waals surface area contributed by atoms with Crippen molar-refractivity contribution in [2.24, 2.45) is 0 Å². The van der Waals surface area contributed by atoms with Crippen molar-refractivity contribution in [1.29, 1.82) is 0 Å². The molecule has 130 valence electrons. The van der Waals surface area contributed by atoms with Gasteiger partial charge in [0.1, 0.15) is 12.4 Å². The number of ether oxygens (including phenoxy) is 3. The van der Waals surface area contributed by atoms with Crippen LogP contribution >= 0.6 is 11.6 Å². The van der Waals surface area contributed by atoms with E-state index in [1.807, 2.05) is 0 Å². The topological polar surface area (TPSA) is 61.8 Å². The fraction of sp³-hybridized carbons (Fsp3) is 0.263. The molecule has 2 aromatic rings. The molecular weight excluding hydrogens is 344 g/mol. The first-order valence-corrected chi connectivity index (χ1v) is 8.37. The van der Waals surface area contributed by atoms with E-state index in [-0.39, 0.29) is 24.0 Å². The molecule has 0 aromatic heterocycles. The molecule has 6 heteroatoms. The molecule has 1 heterocycles. The van der Waals surface area contributed by atoms with Crippen LogP contribution in [0.1, 0.15) is 33.6 Å². The predicted molar refractivity (Wildman–Crippen MR) is 92.1 cm³/mol. The van der Waals surface area contributed by atoms with Gasteiger partial charge in [-0.3, -0.25) is 0 Å². The van der Waals surface area contributed by atoms with Gasteiger partial charge in [-0.25, -0.2) is 9.59 Å². The van der Waals surface area contributed by atoms with Crippen LogP contribution in [0.25, 0.3) is 0 Å². The summed E-state index contributed by atoms with van der Waals surface area (Å²) in [7, 11) is 0. The Morgan fingerprint density at radius 1 is 1.12 bits per heavy atom. The molecule has 3 rings (SSSR count). The average Bonchev–Trinajstić information content (AvgIpc) is 3.14. The molecule has 0 bridgehead atoms. The Morgan fingerprint density at radius 3 is 2.72 bits per heavy atom. The minimum Gasteiger partial charge on any atom is -0.459 e. The lowest BCUT2D eigenvalue weighted by molar-refractivity contribution is 0.0161. The predicted octanol–water partition coefficient (Wildman–Crippen LogP) is 3.90. The summed E-state index contributed by atoms with van der Waals surface area (Å²) in [6.07, 6.45) is 1.84. The van der Waals surface area contributed by atoms with Crippen LogP contribution in [0.4, 0.5) is 0 Å². The van der Waals surface area contributed by atoms with Crippen LogP contribution in [-0.4, -0.2) is 31.3 Å². The maximum atomic E-state index is 12.2. The van der Waals surface area contributed by atoms with Gasteiger partial charge in [0.05, 0.1) is 22.3 Å². The first kappa shape index (κ1) is 17.5. The van der Waals surface area contributed by atoms with Gasteiger partial charge in [0.2, 0.25) is 0 Å². The van der Waals surface area contributed by atoms with Gasteiger partial charge in [-0.15, -0.1) is 0 Å². The summed E-state index contributed by atoms with van der Waals surface area (Å²) < 4.78 is 16.0. The molecule has 1 fully saturated rings. The molecule has 25 heavy (non-hydrogen) atoms. The van der Waals surface area contributed by atoms with Crippen molar-refractivity contribution in [3.05, 3.63) is 64.7 Å². The van der Waals surface area contributed by atoms with Gasteiger partial charge >= 0.3 is 11.9 Å². The van der Waals surface area contributed by atoms with Crippen molar-refractivity contribution in [2.45, 2.75) is 18.9 Å². The normalized spacial score (nSPS) is 16.4. The van der Waals surface area contributed by atoms with E-state index in [0.29, 0.717) is 17.2 Å². The molecule has 1 aliphatic rings. The molecule has 1 unspecified atom stereocenters. The van der Waals surface area contributed by atoms with Crippen LogP contribution in [0, 0.1) is 0 Å². The number of halogens is 1. The van der Waals surface area contributed by atoms with E-state index in [1.165, 1.54) is 6.07 Å². The number of benzene rings is 2. The summed E-state index contributed by atoms with van der Waals surface area (Å²) in [5.41, 5.74) is 0.568. The van der Waals surface area contributed by atoms with Gasteiger partial charge in [-0.1, -0.05) is 29.8 Å². The fourth-order valence-electron chi connectivity index (χ4n) is 2.50. The summed E-state index contributed by atoms with van der Waals surface area (Å²) in [5, 5.41) is 0.305. The first-order valence-electron chi connectivity index (χ1n) is 7.99. The second kappa shape index (κ2) is 8.14. The summed E-state index contributed by atoms with van der Waals surface area (Å²) in [6.45, 7) is 0.929. The molecule has 2 aromatic carbocycles. The molecule has 0 saturated carbocycles. The molecule has 0 spiro atoms. The fourth-order valence-corrected chi connectivity index (χ4v) is 2.72. The number of carbonyl (C=O) groups is 2. The van der Waals surface area contributed by atoms with Crippen molar-refractivity contribution in [1.82, 2.24) is 0 Å². The Hall–Kier alpha value is -2.37. The molecule has 1 atom stereocenters. The number of carbonyl (C=O) groups excluding carboxylic acids is 2. The Bertz CT molecular complexity index is 768. The van der Waals surface area contributed by atoms with Gasteiger partial charge in [-0.05, 0) is 43.2 Å². The quantitative estimate of drug-likeness (QED) is 0.598. The lowest BCUT2D eigenvalue weighted by atomic mass is 10.2. The van der Waals surface area contributed by atoms with E-state index in [1.54, 1.807) is 42.5 Å². The van der Waals surface area contributed by atoms with Crippen LogP contribution in [0.15, 0.2) is 48.5 Å². The zero-order valence-corrected chi connectivity index (χ0v) is 14.2. The van der Waals surface area contributed by atoms with Crippen LogP contribution < -0.4 is 4.74 Å². The van der Waals surface area contributed by atoms with Crippen molar-refractivity contribution in [3.63, 3.8) is 0 Å². The van der Waals surface area contributed by atoms with Crippen LogP contribution in [0.5, 0.6) is 5.75 Å². The average molecular weight is 361 g/mol. The van der Waals surface area contributed by atoms with E-state index in [4.69, 9.17) is 25.8 Å². The minimum absolute atomic E-state index is 0.0369. The van der Waals surface area contributed by atoms with E-state index in [2.05, 4.69) is 0 Å². The summed E-state index contributed by atoms with van der Waals surface area (Å²) >= 11 is 5.98. The highest BCUT2D eigenvalue weighted by Gasteiger charge is 2.19. The maximum Gasteiger partial charge on any atom is 0.345 e. The molecule has 1 saturated heterocycles. The monoisotopic (exact) mass is 360 g/mol. The van der Waals surface area contributed by atoms with Crippen LogP contribution in [-0.2, 0) is 9.47 Å². The van der Waals surface area contributed by atoms with Crippen LogP contribution in [0.3, 0.4) is 0 Å². The third-order valence-electron chi connectivity index (χ3n) is 3.80. The van der Waals surface area contributed by atoms with Crippen molar-refractivity contribution in [2.75, 3.05) is 13.2 Å². The Balaban J connectivity index is 1.63. The second-order valence-corrected chi connectivity index (χ2v) is 6.04. The number of hydrogen-bond donors (Lipinski definition) is 0. The van der Waals surface area contributed by atoms with Gasteiger partial charge in [0.15, 0.2) is 0 Å². The third kappa shape index (κ3) is 4.59. The summed E-state index contributed by atoms with van der Waals surface area (Å²) in [5.74, 6) is -0.821. The van der Waals surface area contributed by atoms with Crippen molar-refractivity contribution in [3.8, 4) is 5.75 Å². The molecule has 5 nitrogen and oxygen atoms in total. The Kier molecular flexibility index (Phi) is 5.68. The number of rotatable bonds is 5. The minimum atomic E-state index is -0.588. The highest BCUT2D eigenvalue weighted by Crippen LogP contribution is 2.20. The standard InChI is InChI=1S/C19H17ClO5/c20-17-9-2-1-8-16(17)19(22)25-14-6-3-5-13(11-14)18(21)24-12-15-7-4-10-23-15/h1-3,5-6,8-9,11,15H,4,7,10,12H2. The number of hydrogen-bond acceptors (Lipinski definition) is 5. The largest absolute Gasteiger partial charge is 0.459 e.